The average molecular weight is 390 g/mol. The van der Waals surface area contributed by atoms with Crippen LogP contribution in [0, 0.1) is 13.8 Å². The summed E-state index contributed by atoms with van der Waals surface area (Å²) in [5, 5.41) is 7.28. The summed E-state index contributed by atoms with van der Waals surface area (Å²) in [6, 6.07) is 16.0. The van der Waals surface area contributed by atoms with Gasteiger partial charge in [0.15, 0.2) is 0 Å². The van der Waals surface area contributed by atoms with Gasteiger partial charge in [0.2, 0.25) is 11.7 Å². The van der Waals surface area contributed by atoms with Crippen LogP contribution in [0.4, 0.5) is 0 Å². The number of likely N-dealkylation sites (tertiary alicyclic amines) is 1. The molecule has 1 aromatic heterocycles. The normalized spacial score (nSPS) is 15.4. The SMILES string of the molecule is Cc1ccc(-c2noc(CN3CCC(NC(=O)c4ccccc4C)CC3)n2)cc1. The number of carbonyl (C=O) groups is 1. The van der Waals surface area contributed by atoms with Gasteiger partial charge in [-0.25, -0.2) is 0 Å². The van der Waals surface area contributed by atoms with Gasteiger partial charge in [-0.2, -0.15) is 4.98 Å². The fraction of sp³-hybridized carbons (Fsp3) is 0.348. The summed E-state index contributed by atoms with van der Waals surface area (Å²) < 4.78 is 5.44. The number of aromatic nitrogens is 2. The molecule has 1 saturated heterocycles. The summed E-state index contributed by atoms with van der Waals surface area (Å²) in [7, 11) is 0. The third-order valence-electron chi connectivity index (χ3n) is 5.45. The van der Waals surface area contributed by atoms with Crippen molar-refractivity contribution in [3.8, 4) is 11.4 Å². The van der Waals surface area contributed by atoms with Crippen LogP contribution in [0.1, 0.15) is 40.2 Å². The van der Waals surface area contributed by atoms with Gasteiger partial charge in [0.1, 0.15) is 0 Å². The van der Waals surface area contributed by atoms with Crippen LogP contribution in [0.25, 0.3) is 11.4 Å². The van der Waals surface area contributed by atoms with Gasteiger partial charge in [0.25, 0.3) is 5.91 Å². The van der Waals surface area contributed by atoms with E-state index < -0.39 is 0 Å². The minimum Gasteiger partial charge on any atom is -0.349 e. The highest BCUT2D eigenvalue weighted by Gasteiger charge is 2.23. The molecule has 6 nitrogen and oxygen atoms in total. The lowest BCUT2D eigenvalue weighted by atomic mass is 10.0. The number of benzene rings is 2. The molecule has 29 heavy (non-hydrogen) atoms. The first-order valence-corrected chi connectivity index (χ1v) is 10.1. The van der Waals surface area contributed by atoms with Gasteiger partial charge in [0, 0.05) is 30.3 Å². The highest BCUT2D eigenvalue weighted by atomic mass is 16.5. The predicted molar refractivity (Wildman–Crippen MR) is 111 cm³/mol. The Balaban J connectivity index is 1.29. The lowest BCUT2D eigenvalue weighted by Crippen LogP contribution is -2.44. The minimum absolute atomic E-state index is 0.0150. The Bertz CT molecular complexity index is 973. The molecule has 0 unspecified atom stereocenters. The van der Waals surface area contributed by atoms with E-state index in [2.05, 4.69) is 27.3 Å². The molecular formula is C23H26N4O2. The third kappa shape index (κ3) is 4.71. The fourth-order valence-electron chi connectivity index (χ4n) is 3.66. The van der Waals surface area contributed by atoms with Crippen molar-refractivity contribution in [1.29, 1.82) is 0 Å². The number of nitrogens with zero attached hydrogens (tertiary/aromatic N) is 3. The van der Waals surface area contributed by atoms with Crippen LogP contribution in [-0.2, 0) is 6.54 Å². The molecule has 2 heterocycles. The Labute approximate surface area is 170 Å². The number of piperidine rings is 1. The highest BCUT2D eigenvalue weighted by Crippen LogP contribution is 2.19. The monoisotopic (exact) mass is 390 g/mol. The zero-order chi connectivity index (χ0) is 20.2. The molecule has 0 aliphatic carbocycles. The molecule has 0 radical (unpaired) electrons. The van der Waals surface area contributed by atoms with Crippen molar-refractivity contribution in [3.63, 3.8) is 0 Å². The van der Waals surface area contributed by atoms with Gasteiger partial charge >= 0.3 is 0 Å². The van der Waals surface area contributed by atoms with E-state index in [9.17, 15) is 4.79 Å². The number of rotatable bonds is 5. The van der Waals surface area contributed by atoms with Crippen molar-refractivity contribution in [1.82, 2.24) is 20.4 Å². The van der Waals surface area contributed by atoms with E-state index in [0.29, 0.717) is 18.3 Å². The summed E-state index contributed by atoms with van der Waals surface area (Å²) in [4.78, 5) is 19.3. The summed E-state index contributed by atoms with van der Waals surface area (Å²) in [6.07, 6.45) is 1.83. The number of amides is 1. The third-order valence-corrected chi connectivity index (χ3v) is 5.45. The molecule has 1 amide bonds. The van der Waals surface area contributed by atoms with Crippen LogP contribution in [0.3, 0.4) is 0 Å². The maximum Gasteiger partial charge on any atom is 0.251 e. The van der Waals surface area contributed by atoms with Crippen molar-refractivity contribution >= 4 is 5.91 Å². The lowest BCUT2D eigenvalue weighted by Gasteiger charge is -2.31. The summed E-state index contributed by atoms with van der Waals surface area (Å²) in [5.41, 5.74) is 3.92. The van der Waals surface area contributed by atoms with E-state index in [-0.39, 0.29) is 11.9 Å². The smallest absolute Gasteiger partial charge is 0.251 e. The maximum absolute atomic E-state index is 12.5. The maximum atomic E-state index is 12.5. The lowest BCUT2D eigenvalue weighted by molar-refractivity contribution is 0.0904. The zero-order valence-electron chi connectivity index (χ0n) is 16.9. The summed E-state index contributed by atoms with van der Waals surface area (Å²) in [5.74, 6) is 1.27. The van der Waals surface area contributed by atoms with E-state index in [0.717, 1.165) is 42.6 Å². The van der Waals surface area contributed by atoms with Gasteiger partial charge in [-0.15, -0.1) is 0 Å². The van der Waals surface area contributed by atoms with Crippen molar-refractivity contribution in [2.45, 2.75) is 39.3 Å². The Morgan fingerprint density at radius 3 is 2.55 bits per heavy atom. The molecule has 150 valence electrons. The molecule has 0 spiro atoms. The molecule has 1 aliphatic rings. The fourth-order valence-corrected chi connectivity index (χ4v) is 3.66. The van der Waals surface area contributed by atoms with Crippen LogP contribution in [0.5, 0.6) is 0 Å². The number of hydrogen-bond donors (Lipinski definition) is 1. The van der Waals surface area contributed by atoms with Gasteiger partial charge in [0.05, 0.1) is 6.54 Å². The van der Waals surface area contributed by atoms with Crippen molar-refractivity contribution in [3.05, 3.63) is 71.1 Å². The van der Waals surface area contributed by atoms with Gasteiger partial charge in [-0.1, -0.05) is 53.2 Å². The second-order valence-electron chi connectivity index (χ2n) is 7.72. The number of nitrogens with one attached hydrogen (secondary N) is 1. The molecule has 1 aliphatic heterocycles. The van der Waals surface area contributed by atoms with Crippen molar-refractivity contribution < 1.29 is 9.32 Å². The van der Waals surface area contributed by atoms with E-state index in [4.69, 9.17) is 4.52 Å². The first kappa shape index (κ1) is 19.3. The van der Waals surface area contributed by atoms with E-state index in [1.165, 1.54) is 5.56 Å². The topological polar surface area (TPSA) is 71.3 Å². The average Bonchev–Trinajstić information content (AvgIpc) is 3.19. The molecular weight excluding hydrogens is 364 g/mol. The van der Waals surface area contributed by atoms with E-state index in [1.807, 2.05) is 55.5 Å². The molecule has 1 fully saturated rings. The first-order valence-electron chi connectivity index (χ1n) is 10.1. The second kappa shape index (κ2) is 8.57. The highest BCUT2D eigenvalue weighted by molar-refractivity contribution is 5.95. The van der Waals surface area contributed by atoms with Gasteiger partial charge < -0.3 is 9.84 Å². The number of hydrogen-bond acceptors (Lipinski definition) is 5. The second-order valence-corrected chi connectivity index (χ2v) is 7.72. The van der Waals surface area contributed by atoms with Crippen molar-refractivity contribution in [2.24, 2.45) is 0 Å². The van der Waals surface area contributed by atoms with E-state index in [1.54, 1.807) is 0 Å². The number of carbonyl (C=O) groups excluding carboxylic acids is 1. The Morgan fingerprint density at radius 1 is 1.10 bits per heavy atom. The summed E-state index contributed by atoms with van der Waals surface area (Å²) >= 11 is 0. The standard InChI is InChI=1S/C23H26N4O2/c1-16-7-9-18(10-8-16)22-25-21(29-26-22)15-27-13-11-19(12-14-27)24-23(28)20-6-4-3-5-17(20)2/h3-10,19H,11-15H2,1-2H3,(H,24,28). The quantitative estimate of drug-likeness (QED) is 0.718. The molecule has 6 heteroatoms. The van der Waals surface area contributed by atoms with Gasteiger partial charge in [-0.3, -0.25) is 9.69 Å². The van der Waals surface area contributed by atoms with Crippen LogP contribution >= 0.6 is 0 Å². The molecule has 0 saturated carbocycles. The number of aryl methyl sites for hydroxylation is 2. The Morgan fingerprint density at radius 2 is 1.83 bits per heavy atom. The van der Waals surface area contributed by atoms with Crippen LogP contribution in [0.15, 0.2) is 53.1 Å². The van der Waals surface area contributed by atoms with E-state index >= 15 is 0 Å². The Kier molecular flexibility index (Phi) is 5.71. The predicted octanol–water partition coefficient (Wildman–Crippen LogP) is 3.75. The van der Waals surface area contributed by atoms with Crippen LogP contribution < -0.4 is 5.32 Å². The molecule has 0 bridgehead atoms. The Hall–Kier alpha value is -2.99. The molecule has 3 aromatic rings. The van der Waals surface area contributed by atoms with Crippen LogP contribution in [0.2, 0.25) is 0 Å². The van der Waals surface area contributed by atoms with Gasteiger partial charge in [-0.05, 0) is 38.3 Å². The zero-order valence-corrected chi connectivity index (χ0v) is 16.9. The molecule has 4 rings (SSSR count). The molecule has 1 N–H and O–H groups in total. The largest absolute Gasteiger partial charge is 0.349 e. The minimum atomic E-state index is 0.0150. The van der Waals surface area contributed by atoms with Crippen molar-refractivity contribution in [2.75, 3.05) is 13.1 Å². The first-order chi connectivity index (χ1) is 14.1. The van der Waals surface area contributed by atoms with Crippen LogP contribution in [-0.4, -0.2) is 40.1 Å². The molecule has 2 aromatic carbocycles. The molecule has 0 atom stereocenters. The summed E-state index contributed by atoms with van der Waals surface area (Å²) in [6.45, 7) is 6.44.